The molecular formula is C15H13FN2O3. The third-order valence-corrected chi connectivity index (χ3v) is 3.45. The van der Waals surface area contributed by atoms with E-state index < -0.39 is 29.5 Å². The van der Waals surface area contributed by atoms with Crippen LogP contribution in [0.25, 0.3) is 0 Å². The van der Waals surface area contributed by atoms with E-state index in [0.717, 1.165) is 12.1 Å². The van der Waals surface area contributed by atoms with E-state index in [-0.39, 0.29) is 11.3 Å². The molecule has 0 aromatic heterocycles. The molecule has 1 aromatic rings. The lowest BCUT2D eigenvalue weighted by atomic mass is 9.82. The number of nitrogens with one attached hydrogen (secondary N) is 1. The largest absolute Gasteiger partial charge is 0.481 e. The van der Waals surface area contributed by atoms with Crippen LogP contribution >= 0.6 is 0 Å². The van der Waals surface area contributed by atoms with Gasteiger partial charge >= 0.3 is 5.97 Å². The van der Waals surface area contributed by atoms with E-state index >= 15 is 0 Å². The van der Waals surface area contributed by atoms with Crippen molar-refractivity contribution in [3.8, 4) is 6.07 Å². The Morgan fingerprint density at radius 1 is 1.29 bits per heavy atom. The monoisotopic (exact) mass is 288 g/mol. The van der Waals surface area contributed by atoms with Gasteiger partial charge in [-0.15, -0.1) is 0 Å². The number of halogens is 1. The topological polar surface area (TPSA) is 90.2 Å². The van der Waals surface area contributed by atoms with Gasteiger partial charge in [-0.25, -0.2) is 4.39 Å². The molecule has 2 N–H and O–H groups in total. The fraction of sp³-hybridized carbons (Fsp3) is 0.267. The number of nitriles is 1. The molecule has 2 atom stereocenters. The average Bonchev–Trinajstić information content (AvgIpc) is 2.48. The second kappa shape index (κ2) is 6.18. The average molecular weight is 288 g/mol. The predicted molar refractivity (Wildman–Crippen MR) is 72.7 cm³/mol. The first-order valence-electron chi connectivity index (χ1n) is 6.41. The highest BCUT2D eigenvalue weighted by atomic mass is 19.1. The molecule has 2 unspecified atom stereocenters. The summed E-state index contributed by atoms with van der Waals surface area (Å²) in [6.07, 6.45) is 4.12. The Hall–Kier alpha value is -2.68. The van der Waals surface area contributed by atoms with Crippen molar-refractivity contribution in [2.45, 2.75) is 12.8 Å². The molecule has 0 heterocycles. The lowest BCUT2D eigenvalue weighted by molar-refractivity contribution is -0.146. The third kappa shape index (κ3) is 3.26. The molecule has 0 aliphatic heterocycles. The van der Waals surface area contributed by atoms with Crippen molar-refractivity contribution < 1.29 is 19.1 Å². The fourth-order valence-corrected chi connectivity index (χ4v) is 2.32. The molecule has 108 valence electrons. The van der Waals surface area contributed by atoms with E-state index in [2.05, 4.69) is 5.32 Å². The van der Waals surface area contributed by atoms with E-state index in [1.807, 2.05) is 0 Å². The molecule has 0 saturated heterocycles. The molecule has 1 aliphatic rings. The molecule has 0 radical (unpaired) electrons. The van der Waals surface area contributed by atoms with E-state index in [0.29, 0.717) is 12.8 Å². The number of carboxylic acids is 1. The summed E-state index contributed by atoms with van der Waals surface area (Å²) in [5.41, 5.74) is 0.184. The molecule has 0 saturated carbocycles. The molecule has 0 bridgehead atoms. The van der Waals surface area contributed by atoms with Crippen molar-refractivity contribution in [2.24, 2.45) is 11.8 Å². The van der Waals surface area contributed by atoms with Crippen LogP contribution in [0.5, 0.6) is 0 Å². The fourth-order valence-electron chi connectivity index (χ4n) is 2.32. The summed E-state index contributed by atoms with van der Waals surface area (Å²) in [6, 6.07) is 5.24. The Bertz CT molecular complexity index is 649. The molecule has 1 aliphatic carbocycles. The normalized spacial score (nSPS) is 20.6. The number of benzene rings is 1. The number of nitrogens with zero attached hydrogens (tertiary/aromatic N) is 1. The maximum atomic E-state index is 13.0. The Labute approximate surface area is 120 Å². The zero-order chi connectivity index (χ0) is 15.4. The number of rotatable bonds is 3. The summed E-state index contributed by atoms with van der Waals surface area (Å²) in [7, 11) is 0. The van der Waals surface area contributed by atoms with Crippen molar-refractivity contribution in [1.29, 1.82) is 5.26 Å². The number of hydrogen-bond donors (Lipinski definition) is 2. The van der Waals surface area contributed by atoms with Gasteiger partial charge in [0.15, 0.2) is 0 Å². The van der Waals surface area contributed by atoms with Gasteiger partial charge in [-0.05, 0) is 31.0 Å². The second-order valence-electron chi connectivity index (χ2n) is 4.78. The van der Waals surface area contributed by atoms with Crippen molar-refractivity contribution >= 4 is 17.6 Å². The van der Waals surface area contributed by atoms with Gasteiger partial charge in [0, 0.05) is 0 Å². The Balaban J connectivity index is 2.20. The van der Waals surface area contributed by atoms with Crippen LogP contribution in [-0.4, -0.2) is 17.0 Å². The molecule has 6 heteroatoms. The van der Waals surface area contributed by atoms with Crippen LogP contribution in [0, 0.1) is 29.0 Å². The second-order valence-corrected chi connectivity index (χ2v) is 4.78. The van der Waals surface area contributed by atoms with Gasteiger partial charge < -0.3 is 10.4 Å². The highest BCUT2D eigenvalue weighted by Crippen LogP contribution is 2.28. The third-order valence-electron chi connectivity index (χ3n) is 3.45. The smallest absolute Gasteiger partial charge is 0.307 e. The number of carboxylic acid groups (broad SMARTS) is 1. The number of allylic oxidation sites excluding steroid dienone is 2. The van der Waals surface area contributed by atoms with Gasteiger partial charge in [0.1, 0.15) is 11.9 Å². The highest BCUT2D eigenvalue weighted by molar-refractivity contribution is 5.96. The zero-order valence-electron chi connectivity index (χ0n) is 11.0. The minimum absolute atomic E-state index is 0.00146. The standard InChI is InChI=1S/C15H13FN2O3/c16-10-5-6-13(9(7-10)8-17)18-14(19)11-3-1-2-4-12(11)15(20)21/h1-2,5-7,11-12H,3-4H2,(H,18,19)(H,20,21). The lowest BCUT2D eigenvalue weighted by Crippen LogP contribution is -2.34. The molecule has 1 amide bonds. The first-order chi connectivity index (χ1) is 10.0. The van der Waals surface area contributed by atoms with Gasteiger partial charge in [-0.3, -0.25) is 9.59 Å². The molecular weight excluding hydrogens is 275 g/mol. The summed E-state index contributed by atoms with van der Waals surface area (Å²) in [4.78, 5) is 23.4. The van der Waals surface area contributed by atoms with Crippen molar-refractivity contribution in [3.05, 3.63) is 41.7 Å². The minimum Gasteiger partial charge on any atom is -0.481 e. The van der Waals surface area contributed by atoms with Crippen LogP contribution in [0.2, 0.25) is 0 Å². The predicted octanol–water partition coefficient (Wildman–Crippen LogP) is 2.30. The van der Waals surface area contributed by atoms with Gasteiger partial charge in [-0.1, -0.05) is 12.2 Å². The molecule has 2 rings (SSSR count). The summed E-state index contributed by atoms with van der Waals surface area (Å²) < 4.78 is 13.0. The zero-order valence-corrected chi connectivity index (χ0v) is 11.0. The summed E-state index contributed by atoms with van der Waals surface area (Å²) >= 11 is 0. The van der Waals surface area contributed by atoms with Crippen LogP contribution in [0.1, 0.15) is 18.4 Å². The number of hydrogen-bond acceptors (Lipinski definition) is 3. The number of amides is 1. The van der Waals surface area contributed by atoms with Gasteiger partial charge in [0.25, 0.3) is 0 Å². The van der Waals surface area contributed by atoms with Crippen LogP contribution in [0.4, 0.5) is 10.1 Å². The molecule has 5 nitrogen and oxygen atoms in total. The highest BCUT2D eigenvalue weighted by Gasteiger charge is 2.34. The van der Waals surface area contributed by atoms with Crippen LogP contribution in [-0.2, 0) is 9.59 Å². The van der Waals surface area contributed by atoms with Crippen molar-refractivity contribution in [3.63, 3.8) is 0 Å². The lowest BCUT2D eigenvalue weighted by Gasteiger charge is -2.24. The van der Waals surface area contributed by atoms with Crippen molar-refractivity contribution in [1.82, 2.24) is 0 Å². The molecule has 0 spiro atoms. The first-order valence-corrected chi connectivity index (χ1v) is 6.41. The molecule has 1 aromatic carbocycles. The van der Waals surface area contributed by atoms with Crippen LogP contribution in [0.3, 0.4) is 0 Å². The summed E-state index contributed by atoms with van der Waals surface area (Å²) in [5.74, 6) is -3.58. The summed E-state index contributed by atoms with van der Waals surface area (Å²) in [5, 5.41) is 20.6. The van der Waals surface area contributed by atoms with Gasteiger partial charge in [0.2, 0.25) is 5.91 Å². The van der Waals surface area contributed by atoms with Gasteiger partial charge in [-0.2, -0.15) is 5.26 Å². The number of carbonyl (C=O) groups excluding carboxylic acids is 1. The maximum absolute atomic E-state index is 13.0. The number of anilines is 1. The van der Waals surface area contributed by atoms with E-state index in [1.54, 1.807) is 18.2 Å². The quantitative estimate of drug-likeness (QED) is 0.835. The number of aliphatic carboxylic acids is 1. The van der Waals surface area contributed by atoms with E-state index in [4.69, 9.17) is 10.4 Å². The maximum Gasteiger partial charge on any atom is 0.307 e. The van der Waals surface area contributed by atoms with Crippen LogP contribution in [0.15, 0.2) is 30.4 Å². The summed E-state index contributed by atoms with van der Waals surface area (Å²) in [6.45, 7) is 0. The Morgan fingerprint density at radius 2 is 1.95 bits per heavy atom. The minimum atomic E-state index is -1.03. The van der Waals surface area contributed by atoms with Crippen LogP contribution < -0.4 is 5.32 Å². The Kier molecular flexibility index (Phi) is 4.33. The molecule has 21 heavy (non-hydrogen) atoms. The molecule has 0 fully saturated rings. The van der Waals surface area contributed by atoms with E-state index in [9.17, 15) is 14.0 Å². The first kappa shape index (κ1) is 14.7. The SMILES string of the molecule is N#Cc1cc(F)ccc1NC(=O)C1CC=CCC1C(=O)O. The number of carbonyl (C=O) groups is 2. The Morgan fingerprint density at radius 3 is 2.57 bits per heavy atom. The van der Waals surface area contributed by atoms with E-state index in [1.165, 1.54) is 6.07 Å². The van der Waals surface area contributed by atoms with Gasteiger partial charge in [0.05, 0.1) is 23.1 Å². The van der Waals surface area contributed by atoms with Crippen molar-refractivity contribution in [2.75, 3.05) is 5.32 Å².